The van der Waals surface area contributed by atoms with Crippen LogP contribution in [0.4, 0.5) is 15.3 Å². The molecule has 0 saturated carbocycles. The van der Waals surface area contributed by atoms with Gasteiger partial charge in [0, 0.05) is 12.7 Å². The predicted octanol–water partition coefficient (Wildman–Crippen LogP) is 3.73. The average Bonchev–Trinajstić information content (AvgIpc) is 3.02. The highest BCUT2D eigenvalue weighted by molar-refractivity contribution is 8.14. The molecule has 1 heterocycles. The number of ether oxygens (including phenoxy) is 1. The molecule has 152 valence electrons. The third kappa shape index (κ3) is 5.74. The van der Waals surface area contributed by atoms with Gasteiger partial charge in [0.05, 0.1) is 18.8 Å². The van der Waals surface area contributed by atoms with Crippen molar-refractivity contribution in [3.63, 3.8) is 0 Å². The highest BCUT2D eigenvalue weighted by Gasteiger charge is 2.29. The van der Waals surface area contributed by atoms with Crippen molar-refractivity contribution >= 4 is 34.6 Å². The van der Waals surface area contributed by atoms with Crippen LogP contribution in [0.25, 0.3) is 0 Å². The number of hydrogen-bond acceptors (Lipinski definition) is 5. The minimum Gasteiger partial charge on any atom is -0.492 e. The normalized spacial score (nSPS) is 13.5. The van der Waals surface area contributed by atoms with E-state index in [0.29, 0.717) is 18.8 Å². The molecule has 0 bridgehead atoms. The van der Waals surface area contributed by atoms with Crippen LogP contribution in [-0.2, 0) is 11.3 Å². The van der Waals surface area contributed by atoms with E-state index in [0.717, 1.165) is 28.6 Å². The number of carbonyl (C=O) groups excluding carboxylic acids is 3. The van der Waals surface area contributed by atoms with Crippen LogP contribution in [0.1, 0.15) is 11.1 Å². The Balaban J connectivity index is 1.45. The summed E-state index contributed by atoms with van der Waals surface area (Å²) >= 11 is 1.02. The van der Waals surface area contributed by atoms with E-state index < -0.39 is 0 Å². The zero-order valence-corrected chi connectivity index (χ0v) is 17.2. The second-order valence-electron chi connectivity index (χ2n) is 6.74. The number of aryl methyl sites for hydroxylation is 1. The minimum absolute atomic E-state index is 0.174. The van der Waals surface area contributed by atoms with Crippen LogP contribution in [0.15, 0.2) is 48.5 Å². The largest absolute Gasteiger partial charge is 0.492 e. The molecular formula is C21H23N3O4S. The predicted molar refractivity (Wildman–Crippen MR) is 113 cm³/mol. The second kappa shape index (κ2) is 9.47. The summed E-state index contributed by atoms with van der Waals surface area (Å²) in [5.41, 5.74) is 2.63. The number of nitrogens with one attached hydrogen (secondary N) is 1. The number of hydrogen-bond donors (Lipinski definition) is 1. The van der Waals surface area contributed by atoms with Crippen molar-refractivity contribution in [3.05, 3.63) is 59.7 Å². The van der Waals surface area contributed by atoms with Crippen LogP contribution < -0.4 is 10.1 Å². The maximum atomic E-state index is 12.3. The molecule has 2 aromatic rings. The molecule has 3 rings (SSSR count). The van der Waals surface area contributed by atoms with Crippen molar-refractivity contribution in [2.24, 2.45) is 0 Å². The van der Waals surface area contributed by atoms with Crippen LogP contribution in [0, 0.1) is 6.92 Å². The number of amides is 4. The van der Waals surface area contributed by atoms with Gasteiger partial charge in [0.15, 0.2) is 0 Å². The van der Waals surface area contributed by atoms with Crippen molar-refractivity contribution < 1.29 is 19.1 Å². The van der Waals surface area contributed by atoms with Crippen LogP contribution >= 0.6 is 11.8 Å². The summed E-state index contributed by atoms with van der Waals surface area (Å²) in [7, 11) is 1.70. The van der Waals surface area contributed by atoms with Gasteiger partial charge in [0.25, 0.3) is 5.24 Å². The molecule has 29 heavy (non-hydrogen) atoms. The van der Waals surface area contributed by atoms with E-state index in [1.807, 2.05) is 31.2 Å². The van der Waals surface area contributed by atoms with Crippen LogP contribution in [-0.4, -0.2) is 52.9 Å². The maximum Gasteiger partial charge on any atom is 0.321 e. The molecule has 0 unspecified atom stereocenters. The number of carbonyl (C=O) groups is 3. The first kappa shape index (κ1) is 20.7. The Hall–Kier alpha value is -3.00. The van der Waals surface area contributed by atoms with E-state index in [4.69, 9.17) is 4.74 Å². The Labute approximate surface area is 174 Å². The monoisotopic (exact) mass is 413 g/mol. The zero-order chi connectivity index (χ0) is 20.8. The lowest BCUT2D eigenvalue weighted by atomic mass is 10.2. The first-order valence-electron chi connectivity index (χ1n) is 9.20. The summed E-state index contributed by atoms with van der Waals surface area (Å²) in [4.78, 5) is 38.4. The zero-order valence-electron chi connectivity index (χ0n) is 16.4. The van der Waals surface area contributed by atoms with Crippen LogP contribution in [0.3, 0.4) is 0 Å². The second-order valence-corrected chi connectivity index (χ2v) is 7.67. The SMILES string of the molecule is Cc1ccc(OCCN(C)C(=O)Nc2ccc(CN3C(=O)CSC3=O)cc2)cc1. The van der Waals surface area contributed by atoms with Gasteiger partial charge in [0.1, 0.15) is 12.4 Å². The molecule has 0 aromatic heterocycles. The first-order valence-corrected chi connectivity index (χ1v) is 10.2. The Morgan fingerprint density at radius 1 is 1.14 bits per heavy atom. The third-order valence-electron chi connectivity index (χ3n) is 4.45. The lowest BCUT2D eigenvalue weighted by molar-refractivity contribution is -0.125. The fourth-order valence-corrected chi connectivity index (χ4v) is 3.39. The quantitative estimate of drug-likeness (QED) is 0.748. The fourth-order valence-electron chi connectivity index (χ4n) is 2.67. The van der Waals surface area contributed by atoms with Crippen molar-refractivity contribution in [2.45, 2.75) is 13.5 Å². The number of thioether (sulfide) groups is 1. The Morgan fingerprint density at radius 2 is 1.83 bits per heavy atom. The van der Waals surface area contributed by atoms with E-state index in [2.05, 4.69) is 5.32 Å². The van der Waals surface area contributed by atoms with Gasteiger partial charge in [-0.25, -0.2) is 4.79 Å². The summed E-state index contributed by atoms with van der Waals surface area (Å²) in [5, 5.41) is 2.60. The Bertz CT molecular complexity index is 868. The number of rotatable bonds is 7. The maximum absolute atomic E-state index is 12.3. The molecule has 8 heteroatoms. The summed E-state index contributed by atoms with van der Waals surface area (Å²) < 4.78 is 5.65. The number of imide groups is 1. The number of anilines is 1. The molecule has 0 atom stereocenters. The lowest BCUT2D eigenvalue weighted by Crippen LogP contribution is -2.34. The summed E-state index contributed by atoms with van der Waals surface area (Å²) in [5.74, 6) is 0.799. The van der Waals surface area contributed by atoms with Gasteiger partial charge in [-0.05, 0) is 36.8 Å². The van der Waals surface area contributed by atoms with Gasteiger partial charge < -0.3 is 15.0 Å². The molecule has 0 radical (unpaired) electrons. The number of likely N-dealkylation sites (N-methyl/N-ethyl adjacent to an activating group) is 1. The van der Waals surface area contributed by atoms with E-state index in [9.17, 15) is 14.4 Å². The Morgan fingerprint density at radius 3 is 2.45 bits per heavy atom. The molecule has 4 amide bonds. The molecule has 1 fully saturated rings. The molecule has 0 aliphatic carbocycles. The molecule has 1 saturated heterocycles. The van der Waals surface area contributed by atoms with Gasteiger partial charge >= 0.3 is 6.03 Å². The number of nitrogens with zero attached hydrogens (tertiary/aromatic N) is 2. The number of benzene rings is 2. The number of urea groups is 1. The minimum atomic E-state index is -0.244. The first-order chi connectivity index (χ1) is 13.9. The van der Waals surface area contributed by atoms with Gasteiger partial charge in [-0.2, -0.15) is 0 Å². The van der Waals surface area contributed by atoms with Gasteiger partial charge in [-0.3, -0.25) is 14.5 Å². The van der Waals surface area contributed by atoms with Crippen molar-refractivity contribution in [2.75, 3.05) is 31.3 Å². The molecule has 0 spiro atoms. The van der Waals surface area contributed by atoms with E-state index in [1.54, 1.807) is 36.2 Å². The van der Waals surface area contributed by atoms with Crippen molar-refractivity contribution in [1.29, 1.82) is 0 Å². The molecule has 2 aromatic carbocycles. The third-order valence-corrected chi connectivity index (χ3v) is 5.31. The highest BCUT2D eigenvalue weighted by atomic mass is 32.2. The topological polar surface area (TPSA) is 79.0 Å². The van der Waals surface area contributed by atoms with E-state index in [-0.39, 0.29) is 29.5 Å². The lowest BCUT2D eigenvalue weighted by Gasteiger charge is -2.18. The standard InChI is InChI=1S/C21H23N3O4S/c1-15-3-9-18(10-4-15)28-12-11-23(2)20(26)22-17-7-5-16(6-8-17)13-24-19(25)14-29-21(24)27/h3-10H,11-14H2,1-2H3,(H,22,26). The summed E-state index contributed by atoms with van der Waals surface area (Å²) in [6.45, 7) is 3.09. The van der Waals surface area contributed by atoms with Crippen LogP contribution in [0.5, 0.6) is 5.75 Å². The van der Waals surface area contributed by atoms with Crippen molar-refractivity contribution in [1.82, 2.24) is 9.80 Å². The van der Waals surface area contributed by atoms with Gasteiger partial charge in [0.2, 0.25) is 5.91 Å². The summed E-state index contributed by atoms with van der Waals surface area (Å²) in [6.07, 6.45) is 0. The molecular weight excluding hydrogens is 390 g/mol. The molecule has 1 aliphatic rings. The van der Waals surface area contributed by atoms with Gasteiger partial charge in [-0.1, -0.05) is 41.6 Å². The molecule has 1 aliphatic heterocycles. The van der Waals surface area contributed by atoms with E-state index in [1.165, 1.54) is 4.90 Å². The van der Waals surface area contributed by atoms with Crippen LogP contribution in [0.2, 0.25) is 0 Å². The smallest absolute Gasteiger partial charge is 0.321 e. The average molecular weight is 413 g/mol. The molecule has 7 nitrogen and oxygen atoms in total. The highest BCUT2D eigenvalue weighted by Crippen LogP contribution is 2.22. The van der Waals surface area contributed by atoms with Crippen molar-refractivity contribution in [3.8, 4) is 5.75 Å². The fraction of sp³-hybridized carbons (Fsp3) is 0.286. The Kier molecular flexibility index (Phi) is 6.77. The van der Waals surface area contributed by atoms with E-state index >= 15 is 0 Å². The van der Waals surface area contributed by atoms with Gasteiger partial charge in [-0.15, -0.1) is 0 Å². The summed E-state index contributed by atoms with van der Waals surface area (Å²) in [6, 6.07) is 14.6. The molecule has 1 N–H and O–H groups in total.